The lowest BCUT2D eigenvalue weighted by atomic mass is 9.47. The van der Waals surface area contributed by atoms with Gasteiger partial charge in [-0.1, -0.05) is 329 Å². The van der Waals surface area contributed by atoms with Crippen LogP contribution in [0.5, 0.6) is 0 Å². The first kappa shape index (κ1) is 101. The summed E-state index contributed by atoms with van der Waals surface area (Å²) < 4.78 is 0. The number of carbonyl (C=O) groups is 3. The molecule has 0 saturated heterocycles. The number of benzene rings is 3. The van der Waals surface area contributed by atoms with Crippen molar-refractivity contribution in [2.45, 2.75) is 248 Å². The molecule has 3 aliphatic heterocycles. The average Bonchev–Trinajstić information content (AvgIpc) is 1.48. The second-order valence-corrected chi connectivity index (χ2v) is 40.1. The third-order valence-corrected chi connectivity index (χ3v) is 29.4. The van der Waals surface area contributed by atoms with Gasteiger partial charge in [-0.15, -0.1) is 0 Å². The third-order valence-electron chi connectivity index (χ3n) is 29.4. The van der Waals surface area contributed by atoms with Gasteiger partial charge in [0.25, 0.3) is 11.8 Å². The van der Waals surface area contributed by atoms with Crippen LogP contribution in [0.4, 0.5) is 11.4 Å². The smallest absolute Gasteiger partial charge is 0.255 e. The molecule has 5 heterocycles. The average molecular weight is 1820 g/mol. The van der Waals surface area contributed by atoms with Gasteiger partial charge in [-0.25, -0.2) is 9.97 Å². The Kier molecular flexibility index (Phi) is 33.2. The zero-order valence-electron chi connectivity index (χ0n) is 85.9. The number of rotatable bonds is 32. The molecular weight excluding hydrogens is 1670 g/mol. The molecule has 8 bridgehead atoms. The highest BCUT2D eigenvalue weighted by Crippen LogP contribution is 2.72. The quantitative estimate of drug-likeness (QED) is 0.0318. The van der Waals surface area contributed by atoms with E-state index in [-0.39, 0.29) is 28.6 Å². The highest BCUT2D eigenvalue weighted by molar-refractivity contribution is 6.08. The van der Waals surface area contributed by atoms with Crippen molar-refractivity contribution >= 4 is 85.7 Å². The van der Waals surface area contributed by atoms with Crippen LogP contribution in [0.2, 0.25) is 0 Å². The van der Waals surface area contributed by atoms with Gasteiger partial charge in [0.1, 0.15) is 0 Å². The van der Waals surface area contributed by atoms with Gasteiger partial charge in [0, 0.05) is 57.9 Å². The van der Waals surface area contributed by atoms with Gasteiger partial charge in [0.15, 0.2) is 0 Å². The predicted octanol–water partition coefficient (Wildman–Crippen LogP) is 33.5. The summed E-state index contributed by atoms with van der Waals surface area (Å²) in [6.45, 7) is 54.8. The second-order valence-electron chi connectivity index (χ2n) is 40.1. The largest absolute Gasteiger partial charge is 0.357 e. The molecule has 8 aliphatic rings. The Morgan fingerprint density at radius 3 is 1.36 bits per heavy atom. The summed E-state index contributed by atoms with van der Waals surface area (Å²) >= 11 is 0. The van der Waals surface area contributed by atoms with Crippen molar-refractivity contribution in [1.82, 2.24) is 24.8 Å². The highest BCUT2D eigenvalue weighted by Gasteiger charge is 2.72. The summed E-state index contributed by atoms with van der Waals surface area (Å²) in [6, 6.07) is 26.1. The number of hydrogen-bond acceptors (Lipinski definition) is 5. The Morgan fingerprint density at radius 1 is 0.467 bits per heavy atom. The maximum Gasteiger partial charge on any atom is 0.255 e. The highest BCUT2D eigenvalue weighted by atomic mass is 16.2. The van der Waals surface area contributed by atoms with E-state index in [9.17, 15) is 9.59 Å². The maximum atomic E-state index is 15.9. The lowest BCUT2D eigenvalue weighted by Gasteiger charge is -2.55. The molecule has 3 aromatic carbocycles. The molecular formula is C127H147N7O3. The lowest BCUT2D eigenvalue weighted by Crippen LogP contribution is -2.60. The molecule has 10 nitrogen and oxygen atoms in total. The van der Waals surface area contributed by atoms with Gasteiger partial charge < -0.3 is 25.5 Å². The molecule has 13 rings (SSSR count). The lowest BCUT2D eigenvalue weighted by molar-refractivity contribution is -0.151. The van der Waals surface area contributed by atoms with E-state index >= 15 is 4.79 Å². The molecule has 5 aromatic rings. The van der Waals surface area contributed by atoms with Crippen LogP contribution in [0.25, 0.3) is 67.8 Å². The SMILES string of the molecule is C=C1c2[nH]c3c(c4nc(c(-c5ccc(C(=O)Nc6ccc(/C=C/C(C)=C/C=C/C(C)=C/C=C/C=C(C)/C=C/C=C(C)/C=C/C7=C(C)CCCC7(C)C)cc6)cc5)c5[nH]c(cc6nc(c2C2=CC=C(C(=O)Nc7ccc(/C=C/C(C)=C/C=C/C(C)=C/C=C/C=C(C)/C=C/C=C(C)/C=C/C8=C(C)CCCC8(C)C)cc7)CC2)C(C)=C6CC)c(CC)c5C)C(C)=C4CC)CC2(C(=O)N(CC)CC)CCC132. The molecule has 137 heavy (non-hydrogen) atoms. The topological polar surface area (TPSA) is 136 Å². The number of hydrogen-bond donors (Lipinski definition) is 4. The fraction of sp³-hybridized carbons (Fsp3) is 0.331. The number of carbonyl (C=O) groups excluding carboxylic acids is 3. The monoisotopic (exact) mass is 1820 g/mol. The van der Waals surface area contributed by atoms with Gasteiger partial charge >= 0.3 is 0 Å². The molecule has 1 spiro atoms. The first-order valence-corrected chi connectivity index (χ1v) is 50.1. The summed E-state index contributed by atoms with van der Waals surface area (Å²) in [7, 11) is 0. The number of amides is 3. The minimum atomic E-state index is -0.820. The minimum absolute atomic E-state index is 0.143. The van der Waals surface area contributed by atoms with E-state index in [4.69, 9.17) is 16.5 Å². The van der Waals surface area contributed by atoms with E-state index in [1.54, 1.807) is 0 Å². The number of H-pyrrole nitrogens is 2. The van der Waals surface area contributed by atoms with E-state index in [1.807, 2.05) is 71.6 Å². The van der Waals surface area contributed by atoms with Crippen molar-refractivity contribution in [3.8, 4) is 11.1 Å². The Hall–Kier alpha value is -13.1. The minimum Gasteiger partial charge on any atom is -0.357 e. The number of aromatic nitrogens is 4. The van der Waals surface area contributed by atoms with Gasteiger partial charge in [0.05, 0.1) is 44.8 Å². The van der Waals surface area contributed by atoms with Gasteiger partial charge in [-0.05, 0) is 325 Å². The summed E-state index contributed by atoms with van der Waals surface area (Å²) in [4.78, 5) is 66.8. The zero-order chi connectivity index (χ0) is 98.2. The fourth-order valence-corrected chi connectivity index (χ4v) is 21.3. The number of nitrogens with one attached hydrogen (secondary N) is 4. The van der Waals surface area contributed by atoms with Crippen molar-refractivity contribution in [2.75, 3.05) is 23.7 Å². The molecule has 2 unspecified atom stereocenters. The first-order valence-electron chi connectivity index (χ1n) is 50.1. The fourth-order valence-electron chi connectivity index (χ4n) is 21.3. The molecule has 10 heteroatoms. The van der Waals surface area contributed by atoms with Gasteiger partial charge in [-0.3, -0.25) is 14.4 Å². The Labute approximate surface area is 819 Å². The molecule has 0 radical (unpaired) electrons. The number of fused-ring (bicyclic) bond motifs is 8. The summed E-state index contributed by atoms with van der Waals surface area (Å²) in [5.41, 5.74) is 38.8. The number of nitrogens with zero attached hydrogens (tertiary/aromatic N) is 3. The molecule has 708 valence electrons. The van der Waals surface area contributed by atoms with Crippen LogP contribution >= 0.6 is 0 Å². The van der Waals surface area contributed by atoms with Crippen LogP contribution in [0.3, 0.4) is 0 Å². The van der Waals surface area contributed by atoms with E-state index in [0.717, 1.165) is 165 Å². The van der Waals surface area contributed by atoms with Crippen LogP contribution < -0.4 is 10.6 Å². The number of aromatic amines is 2. The number of anilines is 2. The summed E-state index contributed by atoms with van der Waals surface area (Å²) in [5.74, 6) is -0.207. The standard InChI is InChI=1S/C127H147N7O3/c1-24-105-93(16)115-113(99-63-67-101(68-64-99)121(135)128-103-71-59-97(60-72-103)57-53-87(10)47-33-43-83(6)39-29-31-41-85(8)45-35-49-89(12)55-75-109-91(14)51-37-77-124(109,20)21)117-95(18)107(26-3)119(132-117)108-82-126(123(137)134(27-4)28-5)79-80-127(126)96(19)118(133-120(108)127)114(116-94(17)106(25-2)112(131-116)81-111(105)130-115)100-65-69-102(70-66-100)122(136)129-104-73-61-98(62-74-104)58-54-88(11)48-34-44-84(7)40-30-32-42-86(9)46-36-50-90(13)56-76-110-92(15)52-38-78-125(110,22)23/h29-36,39-50,53-65,67-69,71-76,81,130,133H,19,24-28,37-38,51-52,66,70,77-80,82H2,1-18,20-23H3,(H,128,135)(H,129,136)/b31-29+,32-30+,43-33+,44-34+,45-35+,46-36+,57-53+,58-54+,75-55+,76-56+,83-39+,84-40+,85-41+,86-42+,87-47+,88-48+,89-49+,90-50+,112-81?,117-113?,118-114?. The van der Waals surface area contributed by atoms with Crippen LogP contribution in [0, 0.1) is 23.2 Å². The van der Waals surface area contributed by atoms with Gasteiger partial charge in [-0.2, -0.15) is 0 Å². The molecule has 3 amide bonds. The molecule has 2 aromatic heterocycles. The molecule has 1 saturated carbocycles. The normalized spacial score (nSPS) is 19.7. The maximum absolute atomic E-state index is 15.9. The van der Waals surface area contributed by atoms with Crippen molar-refractivity contribution in [3.63, 3.8) is 0 Å². The van der Waals surface area contributed by atoms with Crippen LogP contribution in [-0.2, 0) is 27.8 Å². The Balaban J connectivity index is 0.727. The first-order chi connectivity index (χ1) is 65.7. The number of aryl methyl sites for hydroxylation is 2. The number of allylic oxidation sites excluding steroid dienone is 46. The van der Waals surface area contributed by atoms with Crippen LogP contribution in [0.15, 0.2) is 328 Å². The van der Waals surface area contributed by atoms with Crippen molar-refractivity contribution in [1.29, 1.82) is 0 Å². The Morgan fingerprint density at radius 2 is 0.920 bits per heavy atom. The van der Waals surface area contributed by atoms with Crippen LogP contribution in [-0.4, -0.2) is 55.6 Å². The van der Waals surface area contributed by atoms with E-state index < -0.39 is 10.8 Å². The van der Waals surface area contributed by atoms with Crippen molar-refractivity contribution in [3.05, 3.63) is 401 Å². The van der Waals surface area contributed by atoms with Crippen molar-refractivity contribution in [2.24, 2.45) is 16.2 Å². The molecule has 5 aliphatic carbocycles. The van der Waals surface area contributed by atoms with Crippen LogP contribution in [0.1, 0.15) is 300 Å². The summed E-state index contributed by atoms with van der Waals surface area (Å²) in [6.07, 6.45) is 76.7. The summed E-state index contributed by atoms with van der Waals surface area (Å²) in [5, 5.41) is 6.40. The van der Waals surface area contributed by atoms with E-state index in [0.29, 0.717) is 62.0 Å². The predicted molar refractivity (Wildman–Crippen MR) is 588 cm³/mol. The van der Waals surface area contributed by atoms with Crippen molar-refractivity contribution < 1.29 is 14.4 Å². The van der Waals surface area contributed by atoms with E-state index in [1.165, 1.54) is 88.7 Å². The zero-order valence-corrected chi connectivity index (χ0v) is 85.9. The third kappa shape index (κ3) is 22.9. The Bertz CT molecular complexity index is 6610. The molecule has 2 atom stereocenters. The van der Waals surface area contributed by atoms with E-state index in [2.05, 4.69) is 367 Å². The van der Waals surface area contributed by atoms with Gasteiger partial charge in [0.2, 0.25) is 5.91 Å². The molecule has 1 fully saturated rings. The molecule has 4 N–H and O–H groups in total. The second kappa shape index (κ2) is 44.8.